The van der Waals surface area contributed by atoms with Gasteiger partial charge in [0.05, 0.1) is 19.9 Å². The number of nitrogens with one attached hydrogen (secondary N) is 1. The SMILES string of the molecule is CCNCc1ccoc1CN(C)Cc1ccc(OC)cc1. The van der Waals surface area contributed by atoms with Crippen LogP contribution < -0.4 is 10.1 Å². The van der Waals surface area contributed by atoms with Gasteiger partial charge in [0.1, 0.15) is 11.5 Å². The average Bonchev–Trinajstić information content (AvgIpc) is 2.93. The molecule has 1 N–H and O–H groups in total. The van der Waals surface area contributed by atoms with Crippen LogP contribution >= 0.6 is 0 Å². The van der Waals surface area contributed by atoms with Gasteiger partial charge >= 0.3 is 0 Å². The minimum absolute atomic E-state index is 0.805. The summed E-state index contributed by atoms with van der Waals surface area (Å²) in [5, 5.41) is 3.33. The maximum atomic E-state index is 5.60. The van der Waals surface area contributed by atoms with Crippen LogP contribution in [0.2, 0.25) is 0 Å². The van der Waals surface area contributed by atoms with E-state index in [-0.39, 0.29) is 0 Å². The lowest BCUT2D eigenvalue weighted by Crippen LogP contribution is -2.19. The molecule has 0 atom stereocenters. The molecule has 0 bridgehead atoms. The van der Waals surface area contributed by atoms with E-state index in [1.165, 1.54) is 11.1 Å². The molecule has 0 aliphatic heterocycles. The number of methoxy groups -OCH3 is 1. The van der Waals surface area contributed by atoms with Crippen LogP contribution in [-0.2, 0) is 19.6 Å². The van der Waals surface area contributed by atoms with Crippen molar-refractivity contribution in [2.75, 3.05) is 20.7 Å². The van der Waals surface area contributed by atoms with Crippen molar-refractivity contribution in [3.05, 3.63) is 53.5 Å². The second kappa shape index (κ2) is 7.86. The lowest BCUT2D eigenvalue weighted by molar-refractivity contribution is 0.285. The van der Waals surface area contributed by atoms with E-state index in [4.69, 9.17) is 9.15 Å². The number of hydrogen-bond acceptors (Lipinski definition) is 4. The Morgan fingerprint density at radius 1 is 1.14 bits per heavy atom. The molecule has 2 aromatic rings. The maximum absolute atomic E-state index is 5.60. The summed E-state index contributed by atoms with van der Waals surface area (Å²) in [6, 6.07) is 10.2. The van der Waals surface area contributed by atoms with Gasteiger partial charge in [-0.15, -0.1) is 0 Å². The van der Waals surface area contributed by atoms with Gasteiger partial charge in [-0.1, -0.05) is 19.1 Å². The Labute approximate surface area is 126 Å². The quantitative estimate of drug-likeness (QED) is 0.810. The van der Waals surface area contributed by atoms with E-state index in [0.29, 0.717) is 0 Å². The van der Waals surface area contributed by atoms with E-state index in [0.717, 1.165) is 37.7 Å². The molecule has 0 aliphatic carbocycles. The topological polar surface area (TPSA) is 37.6 Å². The first kappa shape index (κ1) is 15.6. The van der Waals surface area contributed by atoms with Crippen LogP contribution in [0.25, 0.3) is 0 Å². The maximum Gasteiger partial charge on any atom is 0.122 e. The molecule has 0 saturated carbocycles. The van der Waals surface area contributed by atoms with Crippen molar-refractivity contribution in [2.45, 2.75) is 26.6 Å². The van der Waals surface area contributed by atoms with E-state index < -0.39 is 0 Å². The number of ether oxygens (including phenoxy) is 1. The van der Waals surface area contributed by atoms with Crippen LogP contribution in [0.1, 0.15) is 23.8 Å². The number of furan rings is 1. The second-order valence-corrected chi connectivity index (χ2v) is 5.17. The first-order chi connectivity index (χ1) is 10.2. The fourth-order valence-electron chi connectivity index (χ4n) is 2.27. The first-order valence-electron chi connectivity index (χ1n) is 7.30. The van der Waals surface area contributed by atoms with Crippen molar-refractivity contribution in [3.63, 3.8) is 0 Å². The molecule has 0 unspecified atom stereocenters. The molecule has 0 aliphatic rings. The van der Waals surface area contributed by atoms with Gasteiger partial charge in [-0.2, -0.15) is 0 Å². The van der Waals surface area contributed by atoms with Crippen molar-refractivity contribution >= 4 is 0 Å². The predicted molar refractivity (Wildman–Crippen MR) is 84.3 cm³/mol. The first-order valence-corrected chi connectivity index (χ1v) is 7.30. The predicted octanol–water partition coefficient (Wildman–Crippen LogP) is 3.03. The van der Waals surface area contributed by atoms with Crippen molar-refractivity contribution in [1.82, 2.24) is 10.2 Å². The molecule has 0 fully saturated rings. The van der Waals surface area contributed by atoms with Gasteiger partial charge in [0.25, 0.3) is 0 Å². The lowest BCUT2D eigenvalue weighted by Gasteiger charge is -2.16. The Morgan fingerprint density at radius 2 is 1.90 bits per heavy atom. The zero-order valence-electron chi connectivity index (χ0n) is 13.1. The fourth-order valence-corrected chi connectivity index (χ4v) is 2.27. The van der Waals surface area contributed by atoms with Gasteiger partial charge in [-0.3, -0.25) is 4.90 Å². The molecule has 1 aromatic carbocycles. The summed E-state index contributed by atoms with van der Waals surface area (Å²) in [4.78, 5) is 2.25. The molecule has 1 aromatic heterocycles. The molecule has 114 valence electrons. The Hall–Kier alpha value is -1.78. The summed E-state index contributed by atoms with van der Waals surface area (Å²) >= 11 is 0. The normalized spacial score (nSPS) is 11.0. The summed E-state index contributed by atoms with van der Waals surface area (Å²) in [5.74, 6) is 1.92. The van der Waals surface area contributed by atoms with Crippen LogP contribution in [0.4, 0.5) is 0 Å². The molecule has 0 radical (unpaired) electrons. The molecular formula is C17H24N2O2. The van der Waals surface area contributed by atoms with Crippen LogP contribution in [0.3, 0.4) is 0 Å². The largest absolute Gasteiger partial charge is 0.497 e. The number of hydrogen-bond donors (Lipinski definition) is 1. The lowest BCUT2D eigenvalue weighted by atomic mass is 10.2. The van der Waals surface area contributed by atoms with E-state index in [9.17, 15) is 0 Å². The third-order valence-corrected chi connectivity index (χ3v) is 3.43. The number of benzene rings is 1. The van der Waals surface area contributed by atoms with Gasteiger partial charge < -0.3 is 14.5 Å². The zero-order chi connectivity index (χ0) is 15.1. The Kier molecular flexibility index (Phi) is 5.84. The third kappa shape index (κ3) is 4.62. The molecule has 2 rings (SSSR count). The van der Waals surface area contributed by atoms with Crippen LogP contribution in [0, 0.1) is 0 Å². The van der Waals surface area contributed by atoms with Gasteiger partial charge in [0, 0.05) is 18.7 Å². The molecule has 0 amide bonds. The number of rotatable bonds is 8. The molecule has 4 nitrogen and oxygen atoms in total. The monoisotopic (exact) mass is 288 g/mol. The van der Waals surface area contributed by atoms with Crippen molar-refractivity contribution in [1.29, 1.82) is 0 Å². The minimum Gasteiger partial charge on any atom is -0.497 e. The van der Waals surface area contributed by atoms with Gasteiger partial charge in [0.2, 0.25) is 0 Å². The van der Waals surface area contributed by atoms with Crippen LogP contribution in [-0.4, -0.2) is 25.6 Å². The standard InChI is InChI=1S/C17H24N2O2/c1-4-18-11-15-9-10-21-17(15)13-19(2)12-14-5-7-16(20-3)8-6-14/h5-10,18H,4,11-13H2,1-3H3. The van der Waals surface area contributed by atoms with E-state index in [2.05, 4.69) is 36.3 Å². The van der Waals surface area contributed by atoms with Crippen molar-refractivity contribution in [2.24, 2.45) is 0 Å². The van der Waals surface area contributed by atoms with Crippen LogP contribution in [0.5, 0.6) is 5.75 Å². The van der Waals surface area contributed by atoms with E-state index in [1.54, 1.807) is 13.4 Å². The fraction of sp³-hybridized carbons (Fsp3) is 0.412. The Balaban J connectivity index is 1.91. The highest BCUT2D eigenvalue weighted by molar-refractivity contribution is 5.27. The average molecular weight is 288 g/mol. The Bertz CT molecular complexity index is 534. The van der Waals surface area contributed by atoms with Crippen molar-refractivity contribution in [3.8, 4) is 5.75 Å². The summed E-state index contributed by atoms with van der Waals surface area (Å²) in [5.41, 5.74) is 2.50. The highest BCUT2D eigenvalue weighted by Crippen LogP contribution is 2.16. The van der Waals surface area contributed by atoms with Gasteiger partial charge in [-0.25, -0.2) is 0 Å². The van der Waals surface area contributed by atoms with E-state index >= 15 is 0 Å². The highest BCUT2D eigenvalue weighted by atomic mass is 16.5. The smallest absolute Gasteiger partial charge is 0.122 e. The highest BCUT2D eigenvalue weighted by Gasteiger charge is 2.09. The van der Waals surface area contributed by atoms with Crippen molar-refractivity contribution < 1.29 is 9.15 Å². The van der Waals surface area contributed by atoms with E-state index in [1.807, 2.05) is 18.2 Å². The molecular weight excluding hydrogens is 264 g/mol. The summed E-state index contributed by atoms with van der Waals surface area (Å²) in [6.07, 6.45) is 1.77. The van der Waals surface area contributed by atoms with Gasteiger partial charge in [-0.05, 0) is 37.4 Å². The molecule has 0 spiro atoms. The Morgan fingerprint density at radius 3 is 2.57 bits per heavy atom. The molecule has 21 heavy (non-hydrogen) atoms. The zero-order valence-corrected chi connectivity index (χ0v) is 13.1. The number of nitrogens with zero attached hydrogens (tertiary/aromatic N) is 1. The molecule has 0 saturated heterocycles. The summed E-state index contributed by atoms with van der Waals surface area (Å²) in [7, 11) is 3.79. The van der Waals surface area contributed by atoms with Gasteiger partial charge in [0.15, 0.2) is 0 Å². The van der Waals surface area contributed by atoms with Crippen LogP contribution in [0.15, 0.2) is 41.0 Å². The molecule has 4 heteroatoms. The third-order valence-electron chi connectivity index (χ3n) is 3.43. The second-order valence-electron chi connectivity index (χ2n) is 5.17. The molecule has 1 heterocycles. The minimum atomic E-state index is 0.805. The summed E-state index contributed by atoms with van der Waals surface area (Å²) < 4.78 is 10.8. The summed E-state index contributed by atoms with van der Waals surface area (Å²) in [6.45, 7) is 5.62.